The minimum Gasteiger partial charge on any atom is -0.496 e. The quantitative estimate of drug-likeness (QED) is 0.716. The van der Waals surface area contributed by atoms with Crippen molar-refractivity contribution in [2.45, 2.75) is 50.9 Å². The van der Waals surface area contributed by atoms with Crippen molar-refractivity contribution in [2.75, 3.05) is 20.3 Å². The van der Waals surface area contributed by atoms with E-state index in [0.29, 0.717) is 28.9 Å². The van der Waals surface area contributed by atoms with Crippen LogP contribution in [0, 0.1) is 0 Å². The Labute approximate surface area is 158 Å². The van der Waals surface area contributed by atoms with E-state index in [1.54, 1.807) is 18.1 Å². The van der Waals surface area contributed by atoms with Crippen LogP contribution in [0.15, 0.2) is 12.1 Å². The molecule has 25 heavy (non-hydrogen) atoms. The van der Waals surface area contributed by atoms with Crippen molar-refractivity contribution in [3.05, 3.63) is 27.7 Å². The third kappa shape index (κ3) is 3.99. The zero-order valence-electron chi connectivity index (χ0n) is 14.8. The second-order valence-electron chi connectivity index (χ2n) is 7.48. The van der Waals surface area contributed by atoms with Crippen molar-refractivity contribution in [1.29, 1.82) is 0 Å². The van der Waals surface area contributed by atoms with Gasteiger partial charge in [-0.3, -0.25) is 0 Å². The molecule has 3 rings (SSSR count). The summed E-state index contributed by atoms with van der Waals surface area (Å²) in [6, 6.07) is 3.50. The molecule has 0 radical (unpaired) electrons. The van der Waals surface area contributed by atoms with Crippen molar-refractivity contribution in [2.24, 2.45) is 0 Å². The number of carbonyl (C=O) groups is 1. The molecule has 7 heteroatoms. The first kappa shape index (κ1) is 18.6. The van der Waals surface area contributed by atoms with Crippen molar-refractivity contribution >= 4 is 29.3 Å². The van der Waals surface area contributed by atoms with E-state index in [1.165, 1.54) is 0 Å². The molecule has 1 aromatic carbocycles. The zero-order chi connectivity index (χ0) is 18.4. The van der Waals surface area contributed by atoms with Crippen LogP contribution in [-0.4, -0.2) is 49.0 Å². The lowest BCUT2D eigenvalue weighted by Crippen LogP contribution is -2.42. The molecule has 1 amide bonds. The fraction of sp³-hybridized carbons (Fsp3) is 0.611. The van der Waals surface area contributed by atoms with E-state index >= 15 is 0 Å². The molecule has 3 atom stereocenters. The Morgan fingerprint density at radius 1 is 1.32 bits per heavy atom. The predicted octanol–water partition coefficient (Wildman–Crippen LogP) is 4.49. The second kappa shape index (κ2) is 6.86. The molecule has 0 spiro atoms. The molecule has 2 aliphatic heterocycles. The third-order valence-corrected chi connectivity index (χ3v) is 5.30. The van der Waals surface area contributed by atoms with E-state index in [4.69, 9.17) is 37.4 Å². The van der Waals surface area contributed by atoms with Gasteiger partial charge in [-0.15, -0.1) is 0 Å². The number of methoxy groups -OCH3 is 1. The number of hydrogen-bond donors (Lipinski definition) is 0. The number of ether oxygens (including phenoxy) is 3. The number of halogens is 2. The molecule has 2 fully saturated rings. The molecule has 0 aliphatic carbocycles. The average Bonchev–Trinajstić information content (AvgIpc) is 3.27. The summed E-state index contributed by atoms with van der Waals surface area (Å²) in [4.78, 5) is 14.4. The van der Waals surface area contributed by atoms with Gasteiger partial charge in [-0.1, -0.05) is 23.2 Å². The first-order chi connectivity index (χ1) is 11.7. The van der Waals surface area contributed by atoms with Gasteiger partial charge in [0.15, 0.2) is 0 Å². The number of rotatable bonds is 3. The van der Waals surface area contributed by atoms with Gasteiger partial charge in [0.2, 0.25) is 0 Å². The van der Waals surface area contributed by atoms with Gasteiger partial charge in [-0.2, -0.15) is 0 Å². The maximum atomic E-state index is 12.6. The molecule has 0 N–H and O–H groups in total. The summed E-state index contributed by atoms with van der Waals surface area (Å²) in [6.45, 7) is 6.74. The van der Waals surface area contributed by atoms with Gasteiger partial charge in [-0.05, 0) is 39.3 Å². The van der Waals surface area contributed by atoms with Crippen LogP contribution in [0.4, 0.5) is 4.79 Å². The van der Waals surface area contributed by atoms with Gasteiger partial charge in [0, 0.05) is 18.0 Å². The molecule has 1 aromatic rings. The average molecular weight is 388 g/mol. The first-order valence-corrected chi connectivity index (χ1v) is 9.10. The van der Waals surface area contributed by atoms with E-state index in [2.05, 4.69) is 0 Å². The number of carbonyl (C=O) groups excluding carboxylic acids is 1. The number of hydrogen-bond acceptors (Lipinski definition) is 4. The highest BCUT2D eigenvalue weighted by molar-refractivity contribution is 6.42. The van der Waals surface area contributed by atoms with Crippen LogP contribution in [0.5, 0.6) is 5.75 Å². The molecule has 1 unspecified atom stereocenters. The molecule has 2 heterocycles. The maximum absolute atomic E-state index is 12.6. The predicted molar refractivity (Wildman–Crippen MR) is 96.8 cm³/mol. The molecule has 0 bridgehead atoms. The largest absolute Gasteiger partial charge is 0.496 e. The minimum atomic E-state index is -0.546. The van der Waals surface area contributed by atoms with Gasteiger partial charge < -0.3 is 19.1 Å². The Morgan fingerprint density at radius 2 is 2.00 bits per heavy atom. The van der Waals surface area contributed by atoms with Gasteiger partial charge in [0.1, 0.15) is 17.5 Å². The van der Waals surface area contributed by atoms with Crippen LogP contribution in [0.2, 0.25) is 10.0 Å². The molecular weight excluding hydrogens is 365 g/mol. The molecule has 138 valence electrons. The smallest absolute Gasteiger partial charge is 0.410 e. The van der Waals surface area contributed by atoms with Crippen LogP contribution in [-0.2, 0) is 9.47 Å². The van der Waals surface area contributed by atoms with Crippen molar-refractivity contribution < 1.29 is 19.0 Å². The van der Waals surface area contributed by atoms with E-state index in [9.17, 15) is 4.79 Å². The number of likely N-dealkylation sites (tertiary alicyclic amines) is 1. The number of amides is 1. The van der Waals surface area contributed by atoms with Crippen LogP contribution in [0.3, 0.4) is 0 Å². The number of benzene rings is 1. The van der Waals surface area contributed by atoms with Crippen molar-refractivity contribution in [1.82, 2.24) is 4.90 Å². The Kier molecular flexibility index (Phi) is 5.11. The van der Waals surface area contributed by atoms with Gasteiger partial charge in [0.25, 0.3) is 0 Å². The van der Waals surface area contributed by atoms with Crippen molar-refractivity contribution in [3.8, 4) is 5.75 Å². The van der Waals surface area contributed by atoms with E-state index in [-0.39, 0.29) is 24.2 Å². The summed E-state index contributed by atoms with van der Waals surface area (Å²) < 4.78 is 16.5. The topological polar surface area (TPSA) is 51.3 Å². The van der Waals surface area contributed by atoms with Gasteiger partial charge in [-0.25, -0.2) is 4.79 Å². The zero-order valence-corrected chi connectivity index (χ0v) is 16.4. The summed E-state index contributed by atoms with van der Waals surface area (Å²) in [7, 11) is 1.60. The first-order valence-electron chi connectivity index (χ1n) is 8.34. The standard InChI is InChI=1S/C18H23Cl2NO4/c1-18(2,3)25-17(22)21-8-10(7-12(21)14-9-24-14)15-13(23-4)6-5-11(19)16(15)20/h5-6,10,12,14H,7-9H2,1-4H3/t10-,12-,14?/m0/s1. The maximum Gasteiger partial charge on any atom is 0.410 e. The van der Waals surface area contributed by atoms with Crippen LogP contribution in [0.25, 0.3) is 0 Å². The fourth-order valence-electron chi connectivity index (χ4n) is 3.34. The van der Waals surface area contributed by atoms with Gasteiger partial charge >= 0.3 is 6.09 Å². The fourth-order valence-corrected chi connectivity index (χ4v) is 3.82. The molecule has 0 aromatic heterocycles. The molecule has 5 nitrogen and oxygen atoms in total. The Morgan fingerprint density at radius 3 is 2.56 bits per heavy atom. The Balaban J connectivity index is 1.88. The second-order valence-corrected chi connectivity index (χ2v) is 8.27. The monoisotopic (exact) mass is 387 g/mol. The normalized spacial score (nSPS) is 25.8. The number of nitrogens with zero attached hydrogens (tertiary/aromatic N) is 1. The summed E-state index contributed by atoms with van der Waals surface area (Å²) >= 11 is 12.7. The highest BCUT2D eigenvalue weighted by atomic mass is 35.5. The van der Waals surface area contributed by atoms with E-state index in [1.807, 2.05) is 26.8 Å². The lowest BCUT2D eigenvalue weighted by Gasteiger charge is -2.28. The van der Waals surface area contributed by atoms with E-state index in [0.717, 1.165) is 12.0 Å². The molecule has 2 aliphatic rings. The summed E-state index contributed by atoms with van der Waals surface area (Å²) in [5, 5.41) is 0.958. The van der Waals surface area contributed by atoms with Crippen LogP contribution >= 0.6 is 23.2 Å². The highest BCUT2D eigenvalue weighted by Gasteiger charge is 2.47. The molecule has 0 saturated carbocycles. The summed E-state index contributed by atoms with van der Waals surface area (Å²) in [6.07, 6.45) is 0.467. The Bertz CT molecular complexity index is 670. The highest BCUT2D eigenvalue weighted by Crippen LogP contribution is 2.45. The van der Waals surface area contributed by atoms with E-state index < -0.39 is 5.60 Å². The Hall–Kier alpha value is -1.17. The molecule has 2 saturated heterocycles. The van der Waals surface area contributed by atoms with Crippen molar-refractivity contribution in [3.63, 3.8) is 0 Å². The summed E-state index contributed by atoms with van der Waals surface area (Å²) in [5.74, 6) is 0.698. The lowest BCUT2D eigenvalue weighted by atomic mass is 9.94. The lowest BCUT2D eigenvalue weighted by molar-refractivity contribution is 0.0202. The van der Waals surface area contributed by atoms with Crippen LogP contribution in [0.1, 0.15) is 38.7 Å². The number of epoxide rings is 1. The molecular formula is C18H23Cl2NO4. The minimum absolute atomic E-state index is 0.0165. The SMILES string of the molecule is COc1ccc(Cl)c(Cl)c1[C@H]1C[C@@H](C2CO2)N(C(=O)OC(C)(C)C)C1. The third-order valence-electron chi connectivity index (χ3n) is 4.48. The van der Waals surface area contributed by atoms with Crippen LogP contribution < -0.4 is 4.74 Å². The summed E-state index contributed by atoms with van der Waals surface area (Å²) in [5.41, 5.74) is 0.295. The van der Waals surface area contributed by atoms with Gasteiger partial charge in [0.05, 0.1) is 29.8 Å².